The number of fused-ring (bicyclic) bond motifs is 1. The molecule has 1 aromatic rings. The van der Waals surface area contributed by atoms with Crippen LogP contribution in [-0.4, -0.2) is 32.9 Å². The normalized spacial score (nSPS) is 19.6. The Bertz CT molecular complexity index is 677. The molecule has 1 aromatic carbocycles. The first kappa shape index (κ1) is 14.4. The van der Waals surface area contributed by atoms with Crippen molar-refractivity contribution < 1.29 is 17.9 Å². The van der Waals surface area contributed by atoms with Crippen LogP contribution in [0.2, 0.25) is 0 Å². The second kappa shape index (κ2) is 5.02. The minimum Gasteiger partial charge on any atom is -0.493 e. The van der Waals surface area contributed by atoms with Crippen molar-refractivity contribution in [3.8, 4) is 5.75 Å². The standard InChI is InChI=1S/C15H19NO4S/c1-21(18,19)10-15(6-7-15)9-20-12-4-2-11-3-5-14(17)16-13(11)8-12/h2,4,8H,3,5-7,9-10H2,1H3,(H,16,17). The highest BCUT2D eigenvalue weighted by Gasteiger charge is 2.46. The van der Waals surface area contributed by atoms with Gasteiger partial charge in [0.25, 0.3) is 0 Å². The van der Waals surface area contributed by atoms with Gasteiger partial charge in [0.1, 0.15) is 15.6 Å². The van der Waals surface area contributed by atoms with E-state index in [1.54, 1.807) is 0 Å². The molecule has 6 heteroatoms. The fourth-order valence-corrected chi connectivity index (χ4v) is 4.22. The number of hydrogen-bond acceptors (Lipinski definition) is 4. The molecule has 0 unspecified atom stereocenters. The second-order valence-electron chi connectivity index (χ2n) is 6.23. The minimum atomic E-state index is -2.98. The number of carbonyl (C=O) groups is 1. The number of hydrogen-bond donors (Lipinski definition) is 1. The molecule has 1 aliphatic heterocycles. The molecule has 1 saturated carbocycles. The first-order chi connectivity index (χ1) is 9.85. The molecule has 0 radical (unpaired) electrons. The molecule has 1 aliphatic carbocycles. The van der Waals surface area contributed by atoms with Crippen LogP contribution < -0.4 is 10.1 Å². The van der Waals surface area contributed by atoms with E-state index in [1.807, 2.05) is 18.2 Å². The molecule has 1 N–H and O–H groups in total. The molecule has 0 saturated heterocycles. The number of anilines is 1. The van der Waals surface area contributed by atoms with Crippen LogP contribution in [0, 0.1) is 5.41 Å². The average Bonchev–Trinajstić information content (AvgIpc) is 3.13. The van der Waals surface area contributed by atoms with Crippen molar-refractivity contribution in [2.24, 2.45) is 5.41 Å². The SMILES string of the molecule is CS(=O)(=O)CC1(COc2ccc3c(c2)NC(=O)CC3)CC1. The molecule has 1 fully saturated rings. The van der Waals surface area contributed by atoms with Crippen molar-refractivity contribution in [3.63, 3.8) is 0 Å². The molecule has 5 nitrogen and oxygen atoms in total. The summed E-state index contributed by atoms with van der Waals surface area (Å²) < 4.78 is 28.6. The molecule has 21 heavy (non-hydrogen) atoms. The summed E-state index contributed by atoms with van der Waals surface area (Å²) in [4.78, 5) is 11.4. The molecule has 0 atom stereocenters. The zero-order chi connectivity index (χ0) is 15.1. The lowest BCUT2D eigenvalue weighted by Crippen LogP contribution is -2.23. The molecule has 1 amide bonds. The van der Waals surface area contributed by atoms with E-state index in [9.17, 15) is 13.2 Å². The monoisotopic (exact) mass is 309 g/mol. The van der Waals surface area contributed by atoms with E-state index < -0.39 is 9.84 Å². The van der Waals surface area contributed by atoms with Crippen molar-refractivity contribution in [1.29, 1.82) is 0 Å². The Labute approximate surface area is 124 Å². The topological polar surface area (TPSA) is 72.5 Å². The van der Waals surface area contributed by atoms with Crippen LogP contribution in [0.3, 0.4) is 0 Å². The third-order valence-electron chi connectivity index (χ3n) is 4.05. The van der Waals surface area contributed by atoms with Crippen LogP contribution >= 0.6 is 0 Å². The van der Waals surface area contributed by atoms with Crippen molar-refractivity contribution in [2.45, 2.75) is 25.7 Å². The molecule has 2 aliphatic rings. The summed E-state index contributed by atoms with van der Waals surface area (Å²) in [6, 6.07) is 5.66. The minimum absolute atomic E-state index is 0.0235. The number of nitrogens with one attached hydrogen (secondary N) is 1. The van der Waals surface area contributed by atoms with Crippen molar-refractivity contribution >= 4 is 21.4 Å². The number of carbonyl (C=O) groups excluding carboxylic acids is 1. The Balaban J connectivity index is 1.66. The number of aryl methyl sites for hydroxylation is 1. The van der Waals surface area contributed by atoms with E-state index in [0.29, 0.717) is 18.8 Å². The third kappa shape index (κ3) is 3.56. The van der Waals surface area contributed by atoms with Gasteiger partial charge in [-0.2, -0.15) is 0 Å². The Morgan fingerprint density at radius 1 is 1.29 bits per heavy atom. The summed E-state index contributed by atoms with van der Waals surface area (Å²) in [7, 11) is -2.98. The van der Waals surface area contributed by atoms with Gasteiger partial charge in [-0.3, -0.25) is 4.79 Å². The van der Waals surface area contributed by atoms with Crippen LogP contribution in [0.15, 0.2) is 18.2 Å². The van der Waals surface area contributed by atoms with Crippen molar-refractivity contribution in [3.05, 3.63) is 23.8 Å². The van der Waals surface area contributed by atoms with Gasteiger partial charge in [-0.25, -0.2) is 8.42 Å². The van der Waals surface area contributed by atoms with E-state index in [0.717, 1.165) is 30.5 Å². The van der Waals surface area contributed by atoms with Crippen molar-refractivity contribution in [1.82, 2.24) is 0 Å². The van der Waals surface area contributed by atoms with Gasteiger partial charge < -0.3 is 10.1 Å². The number of sulfone groups is 1. The summed E-state index contributed by atoms with van der Waals surface area (Å²) >= 11 is 0. The van der Waals surface area contributed by atoms with Crippen molar-refractivity contribution in [2.75, 3.05) is 23.9 Å². The van der Waals surface area contributed by atoms with Gasteiger partial charge in [-0.05, 0) is 30.9 Å². The largest absolute Gasteiger partial charge is 0.493 e. The first-order valence-corrected chi connectivity index (χ1v) is 9.15. The van der Waals surface area contributed by atoms with Crippen LogP contribution in [0.5, 0.6) is 5.75 Å². The van der Waals surface area contributed by atoms with Gasteiger partial charge in [0.2, 0.25) is 5.91 Å². The van der Waals surface area contributed by atoms with Crippen LogP contribution in [0.25, 0.3) is 0 Å². The van der Waals surface area contributed by atoms with Crippen LogP contribution in [-0.2, 0) is 21.1 Å². The Hall–Kier alpha value is -1.56. The summed E-state index contributed by atoms with van der Waals surface area (Å²) in [5, 5.41) is 2.84. The maximum absolute atomic E-state index is 11.4. The number of ether oxygens (including phenoxy) is 1. The summed E-state index contributed by atoms with van der Waals surface area (Å²) in [6.45, 7) is 0.410. The molecular weight excluding hydrogens is 290 g/mol. The first-order valence-electron chi connectivity index (χ1n) is 7.09. The molecule has 3 rings (SSSR count). The molecule has 0 aromatic heterocycles. The van der Waals surface area contributed by atoms with E-state index in [1.165, 1.54) is 6.26 Å². The average molecular weight is 309 g/mol. The molecule has 114 valence electrons. The Morgan fingerprint density at radius 2 is 2.05 bits per heavy atom. The van der Waals surface area contributed by atoms with Crippen LogP contribution in [0.4, 0.5) is 5.69 Å². The van der Waals surface area contributed by atoms with Gasteiger partial charge in [0.05, 0.1) is 12.4 Å². The van der Waals surface area contributed by atoms with E-state index in [4.69, 9.17) is 4.74 Å². The van der Waals surface area contributed by atoms with Gasteiger partial charge >= 0.3 is 0 Å². The van der Waals surface area contributed by atoms with Crippen LogP contribution in [0.1, 0.15) is 24.8 Å². The highest BCUT2D eigenvalue weighted by molar-refractivity contribution is 7.90. The predicted octanol–water partition coefficient (Wildman–Crippen LogP) is 1.77. The maximum Gasteiger partial charge on any atom is 0.224 e. The zero-order valence-electron chi connectivity index (χ0n) is 12.0. The predicted molar refractivity (Wildman–Crippen MR) is 80.3 cm³/mol. The number of rotatable bonds is 5. The highest BCUT2D eigenvalue weighted by Crippen LogP contribution is 2.47. The molecule has 0 spiro atoms. The quantitative estimate of drug-likeness (QED) is 0.900. The molecule has 1 heterocycles. The maximum atomic E-state index is 11.4. The fraction of sp³-hybridized carbons (Fsp3) is 0.533. The Morgan fingerprint density at radius 3 is 2.71 bits per heavy atom. The van der Waals surface area contributed by atoms with E-state index in [-0.39, 0.29) is 17.1 Å². The summed E-state index contributed by atoms with van der Waals surface area (Å²) in [5.74, 6) is 0.882. The summed E-state index contributed by atoms with van der Waals surface area (Å²) in [6.07, 6.45) is 4.31. The van der Waals surface area contributed by atoms with Gasteiger partial charge in [-0.15, -0.1) is 0 Å². The van der Waals surface area contributed by atoms with E-state index in [2.05, 4.69) is 5.32 Å². The smallest absolute Gasteiger partial charge is 0.224 e. The lowest BCUT2D eigenvalue weighted by molar-refractivity contribution is -0.116. The van der Waals surface area contributed by atoms with E-state index >= 15 is 0 Å². The lowest BCUT2D eigenvalue weighted by atomic mass is 10.0. The van der Waals surface area contributed by atoms with Gasteiger partial charge in [0, 0.05) is 29.8 Å². The number of amides is 1. The molecule has 0 bridgehead atoms. The summed E-state index contributed by atoms with van der Waals surface area (Å²) in [5.41, 5.74) is 1.70. The third-order valence-corrected chi connectivity index (χ3v) is 5.18. The molecular formula is C15H19NO4S. The highest BCUT2D eigenvalue weighted by atomic mass is 32.2. The number of benzene rings is 1. The second-order valence-corrected chi connectivity index (χ2v) is 8.37. The lowest BCUT2D eigenvalue weighted by Gasteiger charge is -2.19. The zero-order valence-corrected chi connectivity index (χ0v) is 12.8. The van der Waals surface area contributed by atoms with Gasteiger partial charge in [0.15, 0.2) is 0 Å². The van der Waals surface area contributed by atoms with Gasteiger partial charge in [-0.1, -0.05) is 6.07 Å². The fourth-order valence-electron chi connectivity index (χ4n) is 2.74. The Kier molecular flexibility index (Phi) is 3.43.